The molecule has 1 atom stereocenters. The van der Waals surface area contributed by atoms with Crippen molar-refractivity contribution in [3.05, 3.63) is 42.5 Å². The predicted octanol–water partition coefficient (Wildman–Crippen LogP) is 2.88. The lowest BCUT2D eigenvalue weighted by molar-refractivity contribution is -0.0109. The number of benzene rings is 1. The van der Waals surface area contributed by atoms with Crippen molar-refractivity contribution in [1.29, 1.82) is 0 Å². The van der Waals surface area contributed by atoms with Gasteiger partial charge in [0.15, 0.2) is 5.82 Å². The van der Waals surface area contributed by atoms with Crippen LogP contribution in [-0.4, -0.2) is 38.9 Å². The second kappa shape index (κ2) is 6.52. The van der Waals surface area contributed by atoms with Crippen LogP contribution in [0.5, 0.6) is 5.75 Å². The number of nitrogens with zero attached hydrogens (tertiary/aromatic N) is 4. The lowest BCUT2D eigenvalue weighted by atomic mass is 10.1. The normalized spacial score (nSPS) is 18.0. The summed E-state index contributed by atoms with van der Waals surface area (Å²) in [6.45, 7) is 1.20. The van der Waals surface area contributed by atoms with Crippen LogP contribution in [0.15, 0.2) is 36.7 Å². The van der Waals surface area contributed by atoms with E-state index in [1.54, 1.807) is 29.0 Å². The smallest absolute Gasteiger partial charge is 0.252 e. The van der Waals surface area contributed by atoms with Crippen molar-refractivity contribution >= 4 is 5.78 Å². The Morgan fingerprint density at radius 1 is 1.33 bits per heavy atom. The molecule has 1 aliphatic heterocycles. The maximum atomic E-state index is 13.7. The standard InChI is InChI=1S/C17H17FN4O2/c18-12-5-6-15(24-11-13-4-1-2-9-23-13)14(10-12)16-20-17-19-7-3-8-22(17)21-16/h3,5-8,10,13H,1-2,4,9,11H2. The highest BCUT2D eigenvalue weighted by Gasteiger charge is 2.18. The fourth-order valence-electron chi connectivity index (χ4n) is 2.77. The Bertz CT molecular complexity index is 812. The van der Waals surface area contributed by atoms with Crippen molar-refractivity contribution in [3.8, 4) is 17.1 Å². The van der Waals surface area contributed by atoms with Gasteiger partial charge in [-0.15, -0.1) is 5.10 Å². The molecule has 124 valence electrons. The maximum Gasteiger partial charge on any atom is 0.252 e. The molecule has 0 saturated carbocycles. The molecule has 0 amide bonds. The van der Waals surface area contributed by atoms with Crippen molar-refractivity contribution in [3.63, 3.8) is 0 Å². The topological polar surface area (TPSA) is 61.5 Å². The minimum Gasteiger partial charge on any atom is -0.490 e. The van der Waals surface area contributed by atoms with Gasteiger partial charge in [0.25, 0.3) is 5.78 Å². The predicted molar refractivity (Wildman–Crippen MR) is 85.3 cm³/mol. The van der Waals surface area contributed by atoms with Gasteiger partial charge in [0.05, 0.1) is 11.7 Å². The van der Waals surface area contributed by atoms with Crippen molar-refractivity contribution in [2.24, 2.45) is 0 Å². The van der Waals surface area contributed by atoms with Gasteiger partial charge in [0, 0.05) is 19.0 Å². The van der Waals surface area contributed by atoms with Crippen LogP contribution in [0, 0.1) is 5.82 Å². The summed E-state index contributed by atoms with van der Waals surface area (Å²) in [4.78, 5) is 8.48. The lowest BCUT2D eigenvalue weighted by Gasteiger charge is -2.23. The second-order valence-electron chi connectivity index (χ2n) is 5.74. The van der Waals surface area contributed by atoms with E-state index in [2.05, 4.69) is 15.1 Å². The molecule has 1 unspecified atom stereocenters. The molecular weight excluding hydrogens is 311 g/mol. The monoisotopic (exact) mass is 328 g/mol. The van der Waals surface area contributed by atoms with Gasteiger partial charge in [-0.25, -0.2) is 13.9 Å². The number of hydrogen-bond donors (Lipinski definition) is 0. The SMILES string of the molecule is Fc1ccc(OCC2CCCCO2)c(-c2nc3ncccn3n2)c1. The summed E-state index contributed by atoms with van der Waals surface area (Å²) in [7, 11) is 0. The van der Waals surface area contributed by atoms with Gasteiger partial charge in [-0.3, -0.25) is 0 Å². The minimum absolute atomic E-state index is 0.0762. The number of halogens is 1. The largest absolute Gasteiger partial charge is 0.490 e. The third kappa shape index (κ3) is 3.07. The van der Waals surface area contributed by atoms with Gasteiger partial charge in [-0.1, -0.05) is 0 Å². The number of aromatic nitrogens is 4. The summed E-state index contributed by atoms with van der Waals surface area (Å²) in [5.41, 5.74) is 0.510. The first-order chi connectivity index (χ1) is 11.8. The molecule has 2 aromatic heterocycles. The number of rotatable bonds is 4. The number of fused-ring (bicyclic) bond motifs is 1. The highest BCUT2D eigenvalue weighted by atomic mass is 19.1. The summed E-state index contributed by atoms with van der Waals surface area (Å²) in [6, 6.07) is 6.11. The third-order valence-electron chi connectivity index (χ3n) is 4.00. The molecule has 3 heterocycles. The van der Waals surface area contributed by atoms with Gasteiger partial charge in [0.1, 0.15) is 18.2 Å². The molecule has 1 fully saturated rings. The van der Waals surface area contributed by atoms with E-state index in [0.717, 1.165) is 25.9 Å². The second-order valence-corrected chi connectivity index (χ2v) is 5.74. The van der Waals surface area contributed by atoms with E-state index >= 15 is 0 Å². The Balaban J connectivity index is 1.62. The number of ether oxygens (including phenoxy) is 2. The molecule has 24 heavy (non-hydrogen) atoms. The van der Waals surface area contributed by atoms with E-state index < -0.39 is 0 Å². The van der Waals surface area contributed by atoms with Crippen LogP contribution in [0.1, 0.15) is 19.3 Å². The molecule has 0 radical (unpaired) electrons. The van der Waals surface area contributed by atoms with Crippen LogP contribution in [0.25, 0.3) is 17.2 Å². The Kier molecular flexibility index (Phi) is 4.08. The first kappa shape index (κ1) is 15.0. The first-order valence-electron chi connectivity index (χ1n) is 8.01. The number of hydrogen-bond acceptors (Lipinski definition) is 5. The molecule has 0 aliphatic carbocycles. The van der Waals surface area contributed by atoms with Gasteiger partial charge in [-0.2, -0.15) is 4.98 Å². The average molecular weight is 328 g/mol. The molecular formula is C17H17FN4O2. The van der Waals surface area contributed by atoms with E-state index in [9.17, 15) is 4.39 Å². The Morgan fingerprint density at radius 3 is 3.12 bits per heavy atom. The molecule has 0 N–H and O–H groups in total. The summed E-state index contributed by atoms with van der Waals surface area (Å²) >= 11 is 0. The van der Waals surface area contributed by atoms with E-state index in [4.69, 9.17) is 9.47 Å². The molecule has 1 aliphatic rings. The van der Waals surface area contributed by atoms with Gasteiger partial charge in [0.2, 0.25) is 0 Å². The first-order valence-corrected chi connectivity index (χ1v) is 8.01. The molecule has 6 nitrogen and oxygen atoms in total. The Labute approximate surface area is 138 Å². The van der Waals surface area contributed by atoms with Crippen LogP contribution in [-0.2, 0) is 4.74 Å². The van der Waals surface area contributed by atoms with Crippen molar-refractivity contribution in [2.45, 2.75) is 25.4 Å². The highest BCUT2D eigenvalue weighted by Crippen LogP contribution is 2.29. The fraction of sp³-hybridized carbons (Fsp3) is 0.353. The van der Waals surface area contributed by atoms with Crippen molar-refractivity contribution in [1.82, 2.24) is 19.6 Å². The van der Waals surface area contributed by atoms with Gasteiger partial charge >= 0.3 is 0 Å². The molecule has 4 rings (SSSR count). The zero-order valence-electron chi connectivity index (χ0n) is 13.1. The molecule has 1 aromatic carbocycles. The fourth-order valence-corrected chi connectivity index (χ4v) is 2.77. The third-order valence-corrected chi connectivity index (χ3v) is 4.00. The summed E-state index contributed by atoms with van der Waals surface area (Å²) in [6.07, 6.45) is 6.67. The van der Waals surface area contributed by atoms with Crippen LogP contribution in [0.2, 0.25) is 0 Å². The van der Waals surface area contributed by atoms with Crippen molar-refractivity contribution in [2.75, 3.05) is 13.2 Å². The summed E-state index contributed by atoms with van der Waals surface area (Å²) in [5, 5.41) is 4.34. The van der Waals surface area contributed by atoms with E-state index in [1.807, 2.05) is 0 Å². The summed E-state index contributed by atoms with van der Waals surface area (Å²) in [5.74, 6) is 1.02. The van der Waals surface area contributed by atoms with E-state index in [-0.39, 0.29) is 11.9 Å². The zero-order chi connectivity index (χ0) is 16.4. The molecule has 0 bridgehead atoms. The van der Waals surface area contributed by atoms with Crippen LogP contribution in [0.3, 0.4) is 0 Å². The zero-order valence-corrected chi connectivity index (χ0v) is 13.1. The molecule has 1 saturated heterocycles. The summed E-state index contributed by atoms with van der Waals surface area (Å²) < 4.78 is 26.8. The maximum absolute atomic E-state index is 13.7. The molecule has 0 spiro atoms. The average Bonchev–Trinajstić information content (AvgIpc) is 3.05. The lowest BCUT2D eigenvalue weighted by Crippen LogP contribution is -2.25. The van der Waals surface area contributed by atoms with Gasteiger partial charge in [-0.05, 0) is 43.5 Å². The van der Waals surface area contributed by atoms with Gasteiger partial charge < -0.3 is 9.47 Å². The van der Waals surface area contributed by atoms with E-state index in [1.165, 1.54) is 12.1 Å². The quantitative estimate of drug-likeness (QED) is 0.737. The molecule has 7 heteroatoms. The van der Waals surface area contributed by atoms with Crippen LogP contribution in [0.4, 0.5) is 4.39 Å². The van der Waals surface area contributed by atoms with E-state index in [0.29, 0.717) is 29.5 Å². The minimum atomic E-state index is -0.363. The van der Waals surface area contributed by atoms with Crippen LogP contribution < -0.4 is 4.74 Å². The Morgan fingerprint density at radius 2 is 2.29 bits per heavy atom. The molecule has 3 aromatic rings. The van der Waals surface area contributed by atoms with Crippen LogP contribution >= 0.6 is 0 Å². The Hall–Kier alpha value is -2.54. The van der Waals surface area contributed by atoms with Crippen molar-refractivity contribution < 1.29 is 13.9 Å². The highest BCUT2D eigenvalue weighted by molar-refractivity contribution is 5.65.